The summed E-state index contributed by atoms with van der Waals surface area (Å²) in [6, 6.07) is 3.58. The first-order chi connectivity index (χ1) is 20.3. The van der Waals surface area contributed by atoms with Crippen molar-refractivity contribution in [1.29, 1.82) is 0 Å². The second kappa shape index (κ2) is 12.1. The topological polar surface area (TPSA) is 176 Å². The number of hydrogen-bond acceptors (Lipinski definition) is 12. The molecule has 0 unspecified atom stereocenters. The Balaban J connectivity index is 1.70. The number of anilines is 1. The number of benzene rings is 1. The summed E-state index contributed by atoms with van der Waals surface area (Å²) in [6.07, 6.45) is 1.60. The van der Waals surface area contributed by atoms with Crippen molar-refractivity contribution in [3.63, 3.8) is 0 Å². The molecule has 3 aliphatic rings. The van der Waals surface area contributed by atoms with Gasteiger partial charge in [0.05, 0.1) is 21.7 Å². The lowest BCUT2D eigenvalue weighted by Gasteiger charge is -2.20. The van der Waals surface area contributed by atoms with Gasteiger partial charge < -0.3 is 29.7 Å². The third-order valence-electron chi connectivity index (χ3n) is 6.45. The van der Waals surface area contributed by atoms with Crippen LogP contribution in [0.25, 0.3) is 10.5 Å². The van der Waals surface area contributed by atoms with Gasteiger partial charge in [0.2, 0.25) is 6.79 Å². The predicted molar refractivity (Wildman–Crippen MR) is 163 cm³/mol. The van der Waals surface area contributed by atoms with Crippen molar-refractivity contribution < 1.29 is 44.0 Å². The number of thioether (sulfide) groups is 2. The Labute approximate surface area is 260 Å². The quantitative estimate of drug-likeness (QED) is 0.329. The molecule has 3 aliphatic heterocycles. The van der Waals surface area contributed by atoms with Gasteiger partial charge in [-0.3, -0.25) is 33.4 Å². The number of amides is 1. The summed E-state index contributed by atoms with van der Waals surface area (Å²) in [5.41, 5.74) is 0.623. The van der Waals surface area contributed by atoms with Crippen LogP contribution in [-0.4, -0.2) is 72.8 Å². The van der Waals surface area contributed by atoms with E-state index in [1.165, 1.54) is 11.8 Å². The van der Waals surface area contributed by atoms with Crippen molar-refractivity contribution in [2.24, 2.45) is 5.92 Å². The van der Waals surface area contributed by atoms with Gasteiger partial charge in [0.15, 0.2) is 11.5 Å². The minimum Gasteiger partial charge on any atom is -0.481 e. The number of hydrogen-bond donors (Lipinski definition) is 3. The van der Waals surface area contributed by atoms with Gasteiger partial charge in [-0.1, -0.05) is 49.6 Å². The van der Waals surface area contributed by atoms with E-state index < -0.39 is 42.5 Å². The average Bonchev–Trinajstić information content (AvgIpc) is 3.66. The normalized spacial score (nSPS) is 18.6. The van der Waals surface area contributed by atoms with Gasteiger partial charge >= 0.3 is 17.9 Å². The van der Waals surface area contributed by atoms with E-state index in [2.05, 4.69) is 0 Å². The summed E-state index contributed by atoms with van der Waals surface area (Å²) in [4.78, 5) is 64.9. The maximum atomic E-state index is 13.8. The Hall–Kier alpha value is -3.80. The fourth-order valence-corrected chi connectivity index (χ4v) is 8.37. The molecule has 1 fully saturated rings. The predicted octanol–water partition coefficient (Wildman–Crippen LogP) is 1.51. The van der Waals surface area contributed by atoms with Crippen LogP contribution in [0.3, 0.4) is 0 Å². The van der Waals surface area contributed by atoms with Crippen molar-refractivity contribution in [2.45, 2.75) is 31.7 Å². The Morgan fingerprint density at radius 1 is 1.00 bits per heavy atom. The SMILES string of the molecule is CC(C)C(/C=C1\Sc2cc3c(cc2N1CCC(=O)O)OCO3)=c1\s/c(=C2\SC(=S)N(CC(=O)O)C2=O)n(CC(=O)O)c1=O. The molecular formula is C26H23N3O10S4. The van der Waals surface area contributed by atoms with Gasteiger partial charge in [-0.05, 0) is 17.6 Å². The van der Waals surface area contributed by atoms with E-state index >= 15 is 0 Å². The molecule has 226 valence electrons. The van der Waals surface area contributed by atoms with E-state index in [4.69, 9.17) is 21.7 Å². The molecule has 0 saturated carbocycles. The number of thiocarbonyl (C=S) groups is 1. The lowest BCUT2D eigenvalue weighted by atomic mass is 10.0. The number of nitrogens with zero attached hydrogens (tertiary/aromatic N) is 3. The number of rotatable bonds is 9. The molecule has 0 bridgehead atoms. The third-order valence-corrected chi connectivity index (χ3v) is 10.3. The van der Waals surface area contributed by atoms with Gasteiger partial charge in [-0.15, -0.1) is 11.3 Å². The number of aromatic nitrogens is 1. The molecule has 2 aromatic rings. The fraction of sp³-hybridized carbons (Fsp3) is 0.308. The number of ether oxygens (including phenoxy) is 2. The van der Waals surface area contributed by atoms with Gasteiger partial charge in [0.25, 0.3) is 11.5 Å². The van der Waals surface area contributed by atoms with Crippen LogP contribution < -0.4 is 29.1 Å². The highest BCUT2D eigenvalue weighted by atomic mass is 32.2. The van der Waals surface area contributed by atoms with Crippen LogP contribution in [0.5, 0.6) is 11.5 Å². The number of fused-ring (bicyclic) bond motifs is 2. The van der Waals surface area contributed by atoms with Crippen molar-refractivity contribution in [3.8, 4) is 11.5 Å². The molecular weight excluding hydrogens is 643 g/mol. The molecule has 0 radical (unpaired) electrons. The van der Waals surface area contributed by atoms with Crippen LogP contribution in [0, 0.1) is 5.92 Å². The van der Waals surface area contributed by atoms with Gasteiger partial charge in [-0.25, -0.2) is 0 Å². The highest BCUT2D eigenvalue weighted by Gasteiger charge is 2.36. The zero-order valence-corrected chi connectivity index (χ0v) is 25.8. The van der Waals surface area contributed by atoms with Crippen LogP contribution >= 0.6 is 47.1 Å². The summed E-state index contributed by atoms with van der Waals surface area (Å²) in [5.74, 6) is -3.47. The molecule has 0 atom stereocenters. The minimum absolute atomic E-state index is 0.0177. The molecule has 17 heteroatoms. The zero-order valence-electron chi connectivity index (χ0n) is 22.5. The van der Waals surface area contributed by atoms with Gasteiger partial charge in [0.1, 0.15) is 27.0 Å². The van der Waals surface area contributed by atoms with E-state index in [-0.39, 0.29) is 44.1 Å². The lowest BCUT2D eigenvalue weighted by Crippen LogP contribution is -2.37. The standard InChI is InChI=1S/C26H23N3O10S4/c1-11(2)12(5-17-27(4-3-18(30)31)13-6-14-15(39-10-38-14)7-16(13)41-17)21-23(36)28(8-19(32)33)25(42-21)22-24(37)29(9-20(34)35)26(40)43-22/h5-7,11H,3-4,8-10H2,1-2H3,(H,30,31)(H,32,33)(H,34,35)/b17-5-,21-12-,25-22-. The molecule has 13 nitrogen and oxygen atoms in total. The molecule has 0 aliphatic carbocycles. The number of allylic oxidation sites excluding steroid dienone is 1. The van der Waals surface area contributed by atoms with Crippen molar-refractivity contribution >= 4 is 91.4 Å². The number of carboxylic acid groups (broad SMARTS) is 3. The molecule has 1 saturated heterocycles. The van der Waals surface area contributed by atoms with E-state index in [0.29, 0.717) is 22.1 Å². The van der Waals surface area contributed by atoms with Gasteiger partial charge in [0, 0.05) is 23.6 Å². The fourth-order valence-electron chi connectivity index (χ4n) is 4.50. The first-order valence-corrected chi connectivity index (χ1v) is 15.5. The van der Waals surface area contributed by atoms with Crippen molar-refractivity contribution in [1.82, 2.24) is 9.47 Å². The summed E-state index contributed by atoms with van der Waals surface area (Å²) in [6.45, 7) is 2.51. The van der Waals surface area contributed by atoms with Crippen LogP contribution in [0.2, 0.25) is 0 Å². The van der Waals surface area contributed by atoms with Crippen molar-refractivity contribution in [3.05, 3.63) is 42.8 Å². The second-order valence-electron chi connectivity index (χ2n) is 9.67. The monoisotopic (exact) mass is 665 g/mol. The minimum atomic E-state index is -1.31. The highest BCUT2D eigenvalue weighted by molar-refractivity contribution is 8.30. The second-order valence-corrected chi connectivity index (χ2v) is 13.4. The zero-order chi connectivity index (χ0) is 31.2. The molecule has 43 heavy (non-hydrogen) atoms. The number of carboxylic acids is 3. The number of thiazole rings is 1. The molecule has 5 rings (SSSR count). The van der Waals surface area contributed by atoms with Crippen LogP contribution in [0.1, 0.15) is 20.3 Å². The Morgan fingerprint density at radius 3 is 2.30 bits per heavy atom. The van der Waals surface area contributed by atoms with E-state index in [1.54, 1.807) is 18.2 Å². The highest BCUT2D eigenvalue weighted by Crippen LogP contribution is 2.51. The van der Waals surface area contributed by atoms with Gasteiger partial charge in [-0.2, -0.15) is 0 Å². The average molecular weight is 666 g/mol. The smallest absolute Gasteiger partial charge is 0.323 e. The molecule has 4 heterocycles. The molecule has 1 aromatic heterocycles. The largest absolute Gasteiger partial charge is 0.481 e. The van der Waals surface area contributed by atoms with E-state index in [9.17, 15) is 39.3 Å². The molecule has 0 spiro atoms. The Kier molecular flexibility index (Phi) is 8.60. The van der Waals surface area contributed by atoms with Crippen LogP contribution in [0.4, 0.5) is 5.69 Å². The molecule has 1 aromatic carbocycles. The van der Waals surface area contributed by atoms with Crippen LogP contribution in [0.15, 0.2) is 32.9 Å². The van der Waals surface area contributed by atoms with E-state index in [1.807, 2.05) is 18.7 Å². The number of carbonyl (C=O) groups excluding carboxylic acids is 1. The van der Waals surface area contributed by atoms with E-state index in [0.717, 1.165) is 43.1 Å². The number of carbonyl (C=O) groups is 4. The maximum Gasteiger partial charge on any atom is 0.323 e. The Morgan fingerprint density at radius 2 is 1.67 bits per heavy atom. The Bertz CT molecular complexity index is 1810. The summed E-state index contributed by atoms with van der Waals surface area (Å²) in [7, 11) is 0. The number of aliphatic carboxylic acids is 3. The molecule has 3 N–H and O–H groups in total. The summed E-state index contributed by atoms with van der Waals surface area (Å²) in [5, 5.41) is 28.8. The summed E-state index contributed by atoms with van der Waals surface area (Å²) >= 11 is 8.29. The maximum absolute atomic E-state index is 13.8. The molecule has 1 amide bonds. The van der Waals surface area contributed by atoms with Crippen LogP contribution in [-0.2, 0) is 25.7 Å². The third kappa shape index (κ3) is 6.02. The lowest BCUT2D eigenvalue weighted by molar-refractivity contribution is -0.140. The summed E-state index contributed by atoms with van der Waals surface area (Å²) < 4.78 is 12.2. The first kappa shape index (κ1) is 30.7. The van der Waals surface area contributed by atoms with Crippen molar-refractivity contribution in [2.75, 3.05) is 24.8 Å². The first-order valence-electron chi connectivity index (χ1n) is 12.6.